The van der Waals surface area contributed by atoms with Crippen LogP contribution in [0.25, 0.3) is 0 Å². The van der Waals surface area contributed by atoms with Crippen molar-refractivity contribution in [1.29, 1.82) is 0 Å². The van der Waals surface area contributed by atoms with Gasteiger partial charge in [0.1, 0.15) is 0 Å². The lowest BCUT2D eigenvalue weighted by molar-refractivity contribution is -0.129. The number of benzene rings is 1. The van der Waals surface area contributed by atoms with Crippen molar-refractivity contribution in [2.24, 2.45) is 0 Å². The molecule has 1 aromatic carbocycles. The van der Waals surface area contributed by atoms with Crippen molar-refractivity contribution in [2.45, 2.75) is 11.0 Å². The summed E-state index contributed by atoms with van der Waals surface area (Å²) >= 11 is 1.57. The van der Waals surface area contributed by atoms with Crippen LogP contribution in [0.1, 0.15) is 0 Å². The third-order valence-corrected chi connectivity index (χ3v) is 4.01. The lowest BCUT2D eigenvalue weighted by Gasteiger charge is -2.28. The van der Waals surface area contributed by atoms with Gasteiger partial charge >= 0.3 is 0 Å². The molecular weight excluding hydrogens is 260 g/mol. The normalized spacial score (nSPS) is 19.1. The summed E-state index contributed by atoms with van der Waals surface area (Å²) in [6.45, 7) is 3.11. The highest BCUT2D eigenvalue weighted by molar-refractivity contribution is 8.00. The van der Waals surface area contributed by atoms with Gasteiger partial charge in [-0.05, 0) is 12.1 Å². The van der Waals surface area contributed by atoms with Gasteiger partial charge in [0.05, 0.1) is 18.5 Å². The Hall–Kier alpha value is -1.04. The van der Waals surface area contributed by atoms with Gasteiger partial charge in [-0.15, -0.1) is 11.8 Å². The smallest absolute Gasteiger partial charge is 0.232 e. The van der Waals surface area contributed by atoms with Crippen molar-refractivity contribution in [2.75, 3.05) is 39.0 Å². The second kappa shape index (κ2) is 7.53. The molecule has 1 fully saturated rings. The van der Waals surface area contributed by atoms with E-state index in [-0.39, 0.29) is 12.0 Å². The maximum atomic E-state index is 12.0. The standard InChI is InChI=1S/C14H20N2O2S/c1-16(10-12-9-15-7-8-18-12)14(17)11-19-13-5-3-2-4-6-13/h2-6,12,15H,7-11H2,1H3. The van der Waals surface area contributed by atoms with Gasteiger partial charge in [0.2, 0.25) is 5.91 Å². The van der Waals surface area contributed by atoms with Crippen LogP contribution in [0, 0.1) is 0 Å². The number of carbonyl (C=O) groups excluding carboxylic acids is 1. The van der Waals surface area contributed by atoms with Crippen molar-refractivity contribution >= 4 is 17.7 Å². The second-order valence-corrected chi connectivity index (χ2v) is 5.62. The molecule has 0 saturated carbocycles. The van der Waals surface area contributed by atoms with Crippen molar-refractivity contribution < 1.29 is 9.53 Å². The SMILES string of the molecule is CN(CC1CNCCO1)C(=O)CSc1ccccc1. The minimum absolute atomic E-state index is 0.115. The van der Waals surface area contributed by atoms with E-state index < -0.39 is 0 Å². The number of ether oxygens (including phenoxy) is 1. The van der Waals surface area contributed by atoms with Crippen molar-refractivity contribution in [3.8, 4) is 0 Å². The van der Waals surface area contributed by atoms with E-state index in [2.05, 4.69) is 5.32 Å². The third-order valence-electron chi connectivity index (χ3n) is 3.01. The van der Waals surface area contributed by atoms with Gasteiger partial charge in [-0.1, -0.05) is 18.2 Å². The van der Waals surface area contributed by atoms with E-state index in [1.165, 1.54) is 0 Å². The molecule has 1 heterocycles. The van der Waals surface area contributed by atoms with E-state index in [1.54, 1.807) is 16.7 Å². The zero-order chi connectivity index (χ0) is 13.5. The van der Waals surface area contributed by atoms with E-state index in [4.69, 9.17) is 4.74 Å². The van der Waals surface area contributed by atoms with Crippen LogP contribution in [0.2, 0.25) is 0 Å². The van der Waals surface area contributed by atoms with Crippen LogP contribution in [-0.2, 0) is 9.53 Å². The molecule has 2 rings (SSSR count). The zero-order valence-electron chi connectivity index (χ0n) is 11.2. The quantitative estimate of drug-likeness (QED) is 0.824. The first-order valence-electron chi connectivity index (χ1n) is 6.50. The topological polar surface area (TPSA) is 41.6 Å². The zero-order valence-corrected chi connectivity index (χ0v) is 12.0. The number of hydrogen-bond donors (Lipinski definition) is 1. The largest absolute Gasteiger partial charge is 0.374 e. The average Bonchev–Trinajstić information content (AvgIpc) is 2.47. The molecule has 1 atom stereocenters. The van der Waals surface area contributed by atoms with Gasteiger partial charge in [0.15, 0.2) is 0 Å². The van der Waals surface area contributed by atoms with Gasteiger partial charge < -0.3 is 15.0 Å². The molecular formula is C14H20N2O2S. The fraction of sp³-hybridized carbons (Fsp3) is 0.500. The van der Waals surface area contributed by atoms with E-state index in [0.717, 1.165) is 24.6 Å². The van der Waals surface area contributed by atoms with Crippen molar-refractivity contribution in [3.63, 3.8) is 0 Å². The molecule has 1 N–H and O–H groups in total. The Morgan fingerprint density at radius 3 is 2.95 bits per heavy atom. The molecule has 4 nitrogen and oxygen atoms in total. The molecule has 0 radical (unpaired) electrons. The molecule has 1 aromatic rings. The average molecular weight is 280 g/mol. The summed E-state index contributed by atoms with van der Waals surface area (Å²) in [4.78, 5) is 14.9. The molecule has 1 unspecified atom stereocenters. The lowest BCUT2D eigenvalue weighted by atomic mass is 10.3. The number of nitrogens with zero attached hydrogens (tertiary/aromatic N) is 1. The first kappa shape index (κ1) is 14.4. The number of amides is 1. The van der Waals surface area contributed by atoms with Gasteiger partial charge in [-0.25, -0.2) is 0 Å². The summed E-state index contributed by atoms with van der Waals surface area (Å²) in [5, 5.41) is 3.27. The molecule has 0 aromatic heterocycles. The summed E-state index contributed by atoms with van der Waals surface area (Å²) < 4.78 is 5.60. The fourth-order valence-electron chi connectivity index (χ4n) is 1.92. The van der Waals surface area contributed by atoms with Gasteiger partial charge in [0.25, 0.3) is 0 Å². The van der Waals surface area contributed by atoms with Crippen LogP contribution >= 0.6 is 11.8 Å². The Bertz CT molecular complexity index is 394. The highest BCUT2D eigenvalue weighted by atomic mass is 32.2. The van der Waals surface area contributed by atoms with Crippen molar-refractivity contribution in [3.05, 3.63) is 30.3 Å². The van der Waals surface area contributed by atoms with E-state index in [9.17, 15) is 4.79 Å². The molecule has 0 aliphatic carbocycles. The Kier molecular flexibility index (Phi) is 5.69. The predicted octanol–water partition coefficient (Wildman–Crippen LogP) is 1.23. The predicted molar refractivity (Wildman–Crippen MR) is 77.4 cm³/mol. The van der Waals surface area contributed by atoms with Gasteiger partial charge in [0, 0.05) is 31.6 Å². The van der Waals surface area contributed by atoms with E-state index in [0.29, 0.717) is 12.3 Å². The highest BCUT2D eigenvalue weighted by Gasteiger charge is 2.18. The maximum absolute atomic E-state index is 12.0. The first-order valence-corrected chi connectivity index (χ1v) is 7.48. The molecule has 0 spiro atoms. The number of rotatable bonds is 5. The molecule has 1 aliphatic heterocycles. The highest BCUT2D eigenvalue weighted by Crippen LogP contribution is 2.17. The van der Waals surface area contributed by atoms with E-state index in [1.807, 2.05) is 37.4 Å². The third kappa shape index (κ3) is 4.86. The summed E-state index contributed by atoms with van der Waals surface area (Å²) in [5.41, 5.74) is 0. The van der Waals surface area contributed by atoms with Crippen LogP contribution in [-0.4, -0.2) is 56.0 Å². The number of carbonyl (C=O) groups is 1. The summed E-state index contributed by atoms with van der Waals surface area (Å²) in [6, 6.07) is 9.99. The van der Waals surface area contributed by atoms with Gasteiger partial charge in [-0.3, -0.25) is 4.79 Å². The molecule has 5 heteroatoms. The number of hydrogen-bond acceptors (Lipinski definition) is 4. The molecule has 1 amide bonds. The van der Waals surface area contributed by atoms with E-state index >= 15 is 0 Å². The monoisotopic (exact) mass is 280 g/mol. The van der Waals surface area contributed by atoms with Gasteiger partial charge in [-0.2, -0.15) is 0 Å². The van der Waals surface area contributed by atoms with Crippen LogP contribution in [0.3, 0.4) is 0 Å². The van der Waals surface area contributed by atoms with Crippen LogP contribution in [0.5, 0.6) is 0 Å². The number of thioether (sulfide) groups is 1. The minimum atomic E-state index is 0.115. The molecule has 0 bridgehead atoms. The Morgan fingerprint density at radius 2 is 2.26 bits per heavy atom. The number of morpholine rings is 1. The van der Waals surface area contributed by atoms with Crippen LogP contribution < -0.4 is 5.32 Å². The Balaban J connectivity index is 1.72. The summed E-state index contributed by atoms with van der Waals surface area (Å²) in [5.74, 6) is 0.615. The maximum Gasteiger partial charge on any atom is 0.232 e. The van der Waals surface area contributed by atoms with Crippen LogP contribution in [0.15, 0.2) is 35.2 Å². The summed E-state index contributed by atoms with van der Waals surface area (Å²) in [7, 11) is 1.84. The number of likely N-dealkylation sites (N-methyl/N-ethyl adjacent to an activating group) is 1. The Labute approximate surface area is 118 Å². The number of nitrogens with one attached hydrogen (secondary N) is 1. The van der Waals surface area contributed by atoms with Crippen LogP contribution in [0.4, 0.5) is 0 Å². The summed E-state index contributed by atoms with van der Waals surface area (Å²) in [6.07, 6.45) is 0.115. The molecule has 19 heavy (non-hydrogen) atoms. The minimum Gasteiger partial charge on any atom is -0.374 e. The fourth-order valence-corrected chi connectivity index (χ4v) is 2.78. The molecule has 1 aliphatic rings. The van der Waals surface area contributed by atoms with Crippen molar-refractivity contribution in [1.82, 2.24) is 10.2 Å². The lowest BCUT2D eigenvalue weighted by Crippen LogP contribution is -2.46. The Morgan fingerprint density at radius 1 is 1.47 bits per heavy atom. The first-order chi connectivity index (χ1) is 9.25. The molecule has 104 valence electrons. The second-order valence-electron chi connectivity index (χ2n) is 4.57. The molecule has 1 saturated heterocycles.